The predicted molar refractivity (Wildman–Crippen MR) is 117 cm³/mol. The molecule has 0 saturated carbocycles. The molecule has 0 aliphatic carbocycles. The number of nitrogens with zero attached hydrogens (tertiary/aromatic N) is 4. The van der Waals surface area contributed by atoms with E-state index in [-0.39, 0.29) is 11.9 Å². The lowest BCUT2D eigenvalue weighted by molar-refractivity contribution is -0.133. The lowest BCUT2D eigenvalue weighted by atomic mass is 10.0. The molecule has 2 aromatic heterocycles. The van der Waals surface area contributed by atoms with Gasteiger partial charge in [-0.3, -0.25) is 9.78 Å². The summed E-state index contributed by atoms with van der Waals surface area (Å²) in [5, 5.41) is 1.45. The normalized spacial score (nSPS) is 16.8. The van der Waals surface area contributed by atoms with Crippen molar-refractivity contribution in [2.75, 3.05) is 24.5 Å². The Bertz CT molecular complexity index is 1060. The van der Waals surface area contributed by atoms with Crippen LogP contribution in [0.4, 0.5) is 10.2 Å². The maximum Gasteiger partial charge on any atom is 0.222 e. The minimum atomic E-state index is -0.451. The molecule has 3 aromatic rings. The van der Waals surface area contributed by atoms with E-state index in [9.17, 15) is 9.18 Å². The van der Waals surface area contributed by atoms with E-state index in [0.29, 0.717) is 36.9 Å². The Morgan fingerprint density at radius 3 is 2.90 bits per heavy atom. The highest BCUT2D eigenvalue weighted by Crippen LogP contribution is 2.26. The van der Waals surface area contributed by atoms with E-state index in [0.717, 1.165) is 23.7 Å². The van der Waals surface area contributed by atoms with E-state index < -0.39 is 5.82 Å². The molecule has 1 atom stereocenters. The van der Waals surface area contributed by atoms with Gasteiger partial charge in [0.2, 0.25) is 5.91 Å². The molecule has 5 nitrogen and oxygen atoms in total. The molecule has 30 heavy (non-hydrogen) atoms. The van der Waals surface area contributed by atoms with Crippen LogP contribution < -0.4 is 4.90 Å². The SMILES string of the molecule is C[C@@H]1CN(c2ncc(F)cc2Cl)CCN1C(=O)CCCc1cccc2ncccc12. The molecule has 0 spiro atoms. The van der Waals surface area contributed by atoms with Crippen molar-refractivity contribution in [2.45, 2.75) is 32.2 Å². The minimum Gasteiger partial charge on any atom is -0.352 e. The van der Waals surface area contributed by atoms with E-state index in [2.05, 4.69) is 22.1 Å². The van der Waals surface area contributed by atoms with Gasteiger partial charge >= 0.3 is 0 Å². The van der Waals surface area contributed by atoms with Crippen LogP contribution in [0.2, 0.25) is 5.02 Å². The molecular weight excluding hydrogens is 403 g/mol. The van der Waals surface area contributed by atoms with Crippen molar-refractivity contribution in [3.8, 4) is 0 Å². The highest BCUT2D eigenvalue weighted by atomic mass is 35.5. The van der Waals surface area contributed by atoms with Crippen molar-refractivity contribution >= 4 is 34.2 Å². The fourth-order valence-corrected chi connectivity index (χ4v) is 4.39. The number of carbonyl (C=O) groups excluding carboxylic acids is 1. The van der Waals surface area contributed by atoms with Crippen LogP contribution in [0, 0.1) is 5.82 Å². The van der Waals surface area contributed by atoms with Crippen molar-refractivity contribution in [2.24, 2.45) is 0 Å². The monoisotopic (exact) mass is 426 g/mol. The third-order valence-electron chi connectivity index (χ3n) is 5.61. The number of aromatic nitrogens is 2. The van der Waals surface area contributed by atoms with Crippen LogP contribution in [0.1, 0.15) is 25.3 Å². The summed E-state index contributed by atoms with van der Waals surface area (Å²) in [6, 6.07) is 11.5. The summed E-state index contributed by atoms with van der Waals surface area (Å²) >= 11 is 6.15. The lowest BCUT2D eigenvalue weighted by Crippen LogP contribution is -2.54. The van der Waals surface area contributed by atoms with E-state index in [1.54, 1.807) is 6.20 Å². The molecule has 1 saturated heterocycles. The summed E-state index contributed by atoms with van der Waals surface area (Å²) in [4.78, 5) is 25.3. The number of carbonyl (C=O) groups is 1. The van der Waals surface area contributed by atoms with Gasteiger partial charge in [0.05, 0.1) is 16.7 Å². The molecule has 1 aliphatic heterocycles. The number of hydrogen-bond donors (Lipinski definition) is 0. The van der Waals surface area contributed by atoms with Gasteiger partial charge in [-0.15, -0.1) is 0 Å². The zero-order valence-electron chi connectivity index (χ0n) is 16.9. The zero-order chi connectivity index (χ0) is 21.1. The summed E-state index contributed by atoms with van der Waals surface area (Å²) < 4.78 is 13.3. The van der Waals surface area contributed by atoms with Crippen molar-refractivity contribution in [3.05, 3.63) is 65.2 Å². The highest BCUT2D eigenvalue weighted by Gasteiger charge is 2.28. The van der Waals surface area contributed by atoms with Gasteiger partial charge in [0.15, 0.2) is 0 Å². The molecule has 0 N–H and O–H groups in total. The first kappa shape index (κ1) is 20.5. The number of fused-ring (bicyclic) bond motifs is 1. The summed E-state index contributed by atoms with van der Waals surface area (Å²) in [6.45, 7) is 3.88. The van der Waals surface area contributed by atoms with Crippen LogP contribution in [0.5, 0.6) is 0 Å². The number of aryl methyl sites for hydroxylation is 1. The van der Waals surface area contributed by atoms with Gasteiger partial charge in [-0.05, 0) is 43.5 Å². The fourth-order valence-electron chi connectivity index (χ4n) is 4.12. The summed E-state index contributed by atoms with van der Waals surface area (Å²) in [5.41, 5.74) is 2.21. The van der Waals surface area contributed by atoms with Crippen molar-refractivity contribution in [1.29, 1.82) is 0 Å². The first-order chi connectivity index (χ1) is 14.5. The molecule has 0 bridgehead atoms. The molecule has 1 amide bonds. The number of benzene rings is 1. The molecule has 7 heteroatoms. The maximum atomic E-state index is 13.3. The molecule has 3 heterocycles. The third-order valence-corrected chi connectivity index (χ3v) is 5.89. The largest absolute Gasteiger partial charge is 0.352 e. The van der Waals surface area contributed by atoms with E-state index in [1.807, 2.05) is 34.9 Å². The highest BCUT2D eigenvalue weighted by molar-refractivity contribution is 6.32. The van der Waals surface area contributed by atoms with Gasteiger partial charge in [-0.2, -0.15) is 0 Å². The number of rotatable bonds is 5. The second kappa shape index (κ2) is 8.96. The lowest BCUT2D eigenvalue weighted by Gasteiger charge is -2.40. The van der Waals surface area contributed by atoms with Gasteiger partial charge in [0.1, 0.15) is 11.6 Å². The summed E-state index contributed by atoms with van der Waals surface area (Å²) in [7, 11) is 0. The maximum absolute atomic E-state index is 13.3. The van der Waals surface area contributed by atoms with Crippen molar-refractivity contribution < 1.29 is 9.18 Å². The molecule has 4 rings (SSSR count). The van der Waals surface area contributed by atoms with Crippen LogP contribution in [0.15, 0.2) is 48.8 Å². The minimum absolute atomic E-state index is 0.0379. The molecule has 1 aromatic carbocycles. The Balaban J connectivity index is 1.33. The summed E-state index contributed by atoms with van der Waals surface area (Å²) in [5.74, 6) is 0.285. The fraction of sp³-hybridized carbons (Fsp3) is 0.348. The summed E-state index contributed by atoms with van der Waals surface area (Å²) in [6.07, 6.45) is 5.12. The van der Waals surface area contributed by atoms with Gasteiger partial charge in [-0.1, -0.05) is 29.8 Å². The van der Waals surface area contributed by atoms with Crippen LogP contribution in [0.25, 0.3) is 10.9 Å². The third kappa shape index (κ3) is 4.38. The topological polar surface area (TPSA) is 49.3 Å². The van der Waals surface area contributed by atoms with Crippen LogP contribution in [-0.2, 0) is 11.2 Å². The zero-order valence-corrected chi connectivity index (χ0v) is 17.6. The Hall–Kier alpha value is -2.73. The van der Waals surface area contributed by atoms with E-state index in [4.69, 9.17) is 11.6 Å². The second-order valence-corrected chi connectivity index (χ2v) is 8.09. The Morgan fingerprint density at radius 1 is 1.23 bits per heavy atom. The number of hydrogen-bond acceptors (Lipinski definition) is 4. The van der Waals surface area contributed by atoms with Crippen molar-refractivity contribution in [1.82, 2.24) is 14.9 Å². The number of anilines is 1. The molecule has 0 unspecified atom stereocenters. The smallest absolute Gasteiger partial charge is 0.222 e. The molecule has 1 aliphatic rings. The van der Waals surface area contributed by atoms with Gasteiger partial charge < -0.3 is 9.80 Å². The van der Waals surface area contributed by atoms with Crippen molar-refractivity contribution in [3.63, 3.8) is 0 Å². The van der Waals surface area contributed by atoms with E-state index in [1.165, 1.54) is 17.8 Å². The average Bonchev–Trinajstić information content (AvgIpc) is 2.74. The van der Waals surface area contributed by atoms with Crippen LogP contribution in [0.3, 0.4) is 0 Å². The number of amides is 1. The Labute approximate surface area is 180 Å². The molecule has 1 fully saturated rings. The molecule has 0 radical (unpaired) electrons. The predicted octanol–water partition coefficient (Wildman–Crippen LogP) is 4.48. The quantitative estimate of drug-likeness (QED) is 0.603. The average molecular weight is 427 g/mol. The van der Waals surface area contributed by atoms with Gasteiger partial charge in [0.25, 0.3) is 0 Å². The molecule has 156 valence electrons. The second-order valence-electron chi connectivity index (χ2n) is 7.68. The van der Waals surface area contributed by atoms with Gasteiger partial charge in [-0.25, -0.2) is 9.37 Å². The number of pyridine rings is 2. The number of piperazine rings is 1. The van der Waals surface area contributed by atoms with Gasteiger partial charge in [0, 0.05) is 43.7 Å². The van der Waals surface area contributed by atoms with Crippen LogP contribution >= 0.6 is 11.6 Å². The first-order valence-corrected chi connectivity index (χ1v) is 10.6. The Kier molecular flexibility index (Phi) is 6.13. The molecular formula is C23H24ClFN4O. The van der Waals surface area contributed by atoms with Crippen LogP contribution in [-0.4, -0.2) is 46.5 Å². The van der Waals surface area contributed by atoms with E-state index >= 15 is 0 Å². The Morgan fingerprint density at radius 2 is 2.10 bits per heavy atom. The first-order valence-electron chi connectivity index (χ1n) is 10.2. The standard InChI is InChI=1S/C23H24ClFN4O/c1-16-15-28(23-20(24)13-18(25)14-27-23)11-12-29(16)22(30)9-3-6-17-5-2-8-21-19(17)7-4-10-26-21/h2,4-5,7-8,10,13-14,16H,3,6,9,11-12,15H2,1H3/t16-/m1/s1. The number of halogens is 2.